The lowest BCUT2D eigenvalue weighted by Crippen LogP contribution is -2.47. The van der Waals surface area contributed by atoms with Gasteiger partial charge in [-0.3, -0.25) is 10.4 Å². The van der Waals surface area contributed by atoms with Crippen LogP contribution in [0, 0.1) is 0 Å². The highest BCUT2D eigenvalue weighted by atomic mass is 16.5. The smallest absolute Gasteiger partial charge is 0.208 e. The molecule has 1 saturated heterocycles. The van der Waals surface area contributed by atoms with Crippen molar-refractivity contribution in [3.8, 4) is 0 Å². The molecular formula is C12H26N4O. The molecule has 5 nitrogen and oxygen atoms in total. The van der Waals surface area contributed by atoms with E-state index in [4.69, 9.17) is 10.6 Å². The van der Waals surface area contributed by atoms with Crippen molar-refractivity contribution in [3.05, 3.63) is 0 Å². The summed E-state index contributed by atoms with van der Waals surface area (Å²) in [6.07, 6.45) is 4.89. The maximum absolute atomic E-state index is 5.64. The molecule has 3 N–H and O–H groups in total. The van der Waals surface area contributed by atoms with E-state index in [0.717, 1.165) is 51.5 Å². The normalized spacial score (nSPS) is 20.6. The Morgan fingerprint density at radius 3 is 2.88 bits per heavy atom. The van der Waals surface area contributed by atoms with Gasteiger partial charge in [-0.05, 0) is 26.2 Å². The van der Waals surface area contributed by atoms with E-state index in [1.807, 2.05) is 0 Å². The Balaban J connectivity index is 2.46. The van der Waals surface area contributed by atoms with Crippen molar-refractivity contribution in [2.75, 3.05) is 26.2 Å². The number of unbranched alkanes of at least 4 members (excludes halogenated alkanes) is 1. The zero-order chi connectivity index (χ0) is 12.5. The zero-order valence-corrected chi connectivity index (χ0v) is 11.1. The molecule has 1 rings (SSSR count). The highest BCUT2D eigenvalue weighted by molar-refractivity contribution is 5.79. The van der Waals surface area contributed by atoms with Crippen LogP contribution >= 0.6 is 0 Å². The number of ether oxygens (including phenoxy) is 1. The Labute approximate surface area is 104 Å². The molecule has 1 atom stereocenters. The van der Waals surface area contributed by atoms with E-state index in [0.29, 0.717) is 6.10 Å². The van der Waals surface area contributed by atoms with Crippen LogP contribution in [0.25, 0.3) is 0 Å². The van der Waals surface area contributed by atoms with Crippen LogP contribution in [0.4, 0.5) is 0 Å². The van der Waals surface area contributed by atoms with Crippen LogP contribution in [0.1, 0.15) is 39.5 Å². The number of hydrogen-bond donors (Lipinski definition) is 2. The maximum Gasteiger partial charge on any atom is 0.208 e. The number of hydrazine groups is 1. The van der Waals surface area contributed by atoms with Crippen LogP contribution in [0.3, 0.4) is 0 Å². The topological polar surface area (TPSA) is 62.9 Å². The van der Waals surface area contributed by atoms with Crippen LogP contribution < -0.4 is 11.3 Å². The number of aliphatic imine (C=N–C) groups is 1. The van der Waals surface area contributed by atoms with E-state index in [-0.39, 0.29) is 0 Å². The SMILES string of the molecule is CCCCN=C(NN)N(CC)CC1CCCO1. The van der Waals surface area contributed by atoms with Gasteiger partial charge in [-0.1, -0.05) is 13.3 Å². The van der Waals surface area contributed by atoms with Crippen molar-refractivity contribution in [2.45, 2.75) is 45.6 Å². The molecule has 1 unspecified atom stereocenters. The Hall–Kier alpha value is -0.810. The first kappa shape index (κ1) is 14.3. The van der Waals surface area contributed by atoms with Gasteiger partial charge in [0.25, 0.3) is 0 Å². The standard InChI is InChI=1S/C12H26N4O/c1-3-5-8-14-12(15-13)16(4-2)10-11-7-6-9-17-11/h11H,3-10,13H2,1-2H3,(H,14,15). The lowest BCUT2D eigenvalue weighted by molar-refractivity contribution is 0.0914. The van der Waals surface area contributed by atoms with Gasteiger partial charge in [0.2, 0.25) is 5.96 Å². The summed E-state index contributed by atoms with van der Waals surface area (Å²) in [6.45, 7) is 7.77. The lowest BCUT2D eigenvalue weighted by atomic mass is 10.2. The summed E-state index contributed by atoms with van der Waals surface area (Å²) in [5.74, 6) is 6.33. The van der Waals surface area contributed by atoms with Gasteiger partial charge in [0.05, 0.1) is 6.10 Å². The van der Waals surface area contributed by atoms with Crippen LogP contribution in [0.15, 0.2) is 4.99 Å². The first-order chi connectivity index (χ1) is 8.31. The molecule has 0 saturated carbocycles. The lowest BCUT2D eigenvalue weighted by Gasteiger charge is -2.26. The van der Waals surface area contributed by atoms with Gasteiger partial charge in [0, 0.05) is 26.2 Å². The Morgan fingerprint density at radius 2 is 2.35 bits per heavy atom. The average molecular weight is 242 g/mol. The molecule has 1 aliphatic rings. The minimum Gasteiger partial charge on any atom is -0.376 e. The molecule has 1 aliphatic heterocycles. The number of nitrogens with zero attached hydrogens (tertiary/aromatic N) is 2. The molecule has 0 radical (unpaired) electrons. The number of rotatable bonds is 6. The Bertz CT molecular complexity index is 227. The zero-order valence-electron chi connectivity index (χ0n) is 11.1. The minimum absolute atomic E-state index is 0.333. The van der Waals surface area contributed by atoms with Gasteiger partial charge in [-0.15, -0.1) is 0 Å². The van der Waals surface area contributed by atoms with E-state index in [2.05, 4.69) is 29.2 Å². The number of nitrogens with two attached hydrogens (primary N) is 1. The quantitative estimate of drug-likeness (QED) is 0.241. The predicted octanol–water partition coefficient (Wildman–Crippen LogP) is 1.11. The fourth-order valence-corrected chi connectivity index (χ4v) is 1.98. The van der Waals surface area contributed by atoms with Crippen LogP contribution in [-0.4, -0.2) is 43.2 Å². The van der Waals surface area contributed by atoms with Crippen molar-refractivity contribution in [2.24, 2.45) is 10.8 Å². The molecule has 0 aromatic rings. The predicted molar refractivity (Wildman–Crippen MR) is 70.8 cm³/mol. The van der Waals surface area contributed by atoms with Gasteiger partial charge < -0.3 is 9.64 Å². The molecule has 0 aliphatic carbocycles. The average Bonchev–Trinajstić information content (AvgIpc) is 2.85. The van der Waals surface area contributed by atoms with Crippen LogP contribution in [0.2, 0.25) is 0 Å². The number of likely N-dealkylation sites (N-methyl/N-ethyl adjacent to an activating group) is 1. The van der Waals surface area contributed by atoms with Crippen molar-refractivity contribution >= 4 is 5.96 Å². The molecule has 0 aromatic carbocycles. The van der Waals surface area contributed by atoms with E-state index >= 15 is 0 Å². The number of nitrogens with one attached hydrogen (secondary N) is 1. The van der Waals surface area contributed by atoms with Crippen molar-refractivity contribution in [1.82, 2.24) is 10.3 Å². The largest absolute Gasteiger partial charge is 0.376 e. The number of hydrogen-bond acceptors (Lipinski definition) is 3. The van der Waals surface area contributed by atoms with Crippen molar-refractivity contribution in [1.29, 1.82) is 0 Å². The first-order valence-electron chi connectivity index (χ1n) is 6.69. The molecule has 1 heterocycles. The second-order valence-electron chi connectivity index (χ2n) is 4.38. The molecule has 0 bridgehead atoms. The number of guanidine groups is 1. The van der Waals surface area contributed by atoms with E-state index in [9.17, 15) is 0 Å². The van der Waals surface area contributed by atoms with Gasteiger partial charge in [0.15, 0.2) is 0 Å². The van der Waals surface area contributed by atoms with Gasteiger partial charge >= 0.3 is 0 Å². The molecule has 1 fully saturated rings. The molecule has 0 amide bonds. The summed E-state index contributed by atoms with van der Waals surface area (Å²) in [4.78, 5) is 6.65. The molecular weight excluding hydrogens is 216 g/mol. The van der Waals surface area contributed by atoms with Gasteiger partial charge in [-0.25, -0.2) is 5.84 Å². The van der Waals surface area contributed by atoms with Crippen LogP contribution in [-0.2, 0) is 4.74 Å². The molecule has 0 spiro atoms. The van der Waals surface area contributed by atoms with E-state index < -0.39 is 0 Å². The van der Waals surface area contributed by atoms with Gasteiger partial charge in [0.1, 0.15) is 0 Å². The second kappa shape index (κ2) is 8.31. The molecule has 100 valence electrons. The Kier molecular flexibility index (Phi) is 6.96. The summed E-state index contributed by atoms with van der Waals surface area (Å²) in [7, 11) is 0. The third-order valence-corrected chi connectivity index (χ3v) is 3.03. The maximum atomic E-state index is 5.64. The van der Waals surface area contributed by atoms with Crippen molar-refractivity contribution in [3.63, 3.8) is 0 Å². The van der Waals surface area contributed by atoms with Crippen LogP contribution in [0.5, 0.6) is 0 Å². The van der Waals surface area contributed by atoms with Gasteiger partial charge in [-0.2, -0.15) is 0 Å². The molecule has 0 aromatic heterocycles. The monoisotopic (exact) mass is 242 g/mol. The van der Waals surface area contributed by atoms with E-state index in [1.54, 1.807) is 0 Å². The molecule has 17 heavy (non-hydrogen) atoms. The third-order valence-electron chi connectivity index (χ3n) is 3.03. The summed E-state index contributed by atoms with van der Waals surface area (Å²) >= 11 is 0. The van der Waals surface area contributed by atoms with Crippen molar-refractivity contribution < 1.29 is 4.74 Å². The summed E-state index contributed by atoms with van der Waals surface area (Å²) in [6, 6.07) is 0. The molecule has 5 heteroatoms. The Morgan fingerprint density at radius 1 is 1.53 bits per heavy atom. The first-order valence-corrected chi connectivity index (χ1v) is 6.69. The fraction of sp³-hybridized carbons (Fsp3) is 0.917. The highest BCUT2D eigenvalue weighted by Crippen LogP contribution is 2.13. The summed E-state index contributed by atoms with van der Waals surface area (Å²) < 4.78 is 5.64. The highest BCUT2D eigenvalue weighted by Gasteiger charge is 2.20. The fourth-order valence-electron chi connectivity index (χ4n) is 1.98. The summed E-state index contributed by atoms with van der Waals surface area (Å²) in [5, 5.41) is 0. The minimum atomic E-state index is 0.333. The third kappa shape index (κ3) is 4.91. The van der Waals surface area contributed by atoms with E-state index in [1.165, 1.54) is 6.42 Å². The second-order valence-corrected chi connectivity index (χ2v) is 4.38. The summed E-state index contributed by atoms with van der Waals surface area (Å²) in [5.41, 5.74) is 2.71.